The van der Waals surface area contributed by atoms with Gasteiger partial charge in [0.25, 0.3) is 0 Å². The number of rotatable bonds is 6. The summed E-state index contributed by atoms with van der Waals surface area (Å²) in [4.78, 5) is 0. The fourth-order valence-electron chi connectivity index (χ4n) is 0.514. The molecule has 7 heteroatoms. The van der Waals surface area contributed by atoms with Gasteiger partial charge in [-0.25, -0.2) is 0 Å². The van der Waals surface area contributed by atoms with Crippen LogP contribution >= 0.6 is 11.6 Å². The van der Waals surface area contributed by atoms with Gasteiger partial charge in [-0.1, -0.05) is 11.6 Å². The maximum absolute atomic E-state index is 8.42. The van der Waals surface area contributed by atoms with Crippen LogP contribution in [0.4, 0.5) is 0 Å². The molecule has 0 fully saturated rings. The normalized spacial score (nSPS) is 12.0. The number of hydrogen-bond acceptors (Lipinski definition) is 6. The molecule has 0 aliphatic heterocycles. The van der Waals surface area contributed by atoms with Gasteiger partial charge >= 0.3 is 0 Å². The van der Waals surface area contributed by atoms with Crippen molar-refractivity contribution in [2.75, 3.05) is 20.2 Å². The molecule has 0 amide bonds. The van der Waals surface area contributed by atoms with Crippen LogP contribution in [0.3, 0.4) is 0 Å². The standard InChI is InChI=1S/C4H12ClN3O3/c5-4(6-1-9,7-2-10)8-3-11/h6-11H,1-3H2. The first-order valence-electron chi connectivity index (χ1n) is 2.95. The lowest BCUT2D eigenvalue weighted by atomic mass is 10.7. The summed E-state index contributed by atoms with van der Waals surface area (Å²) < 4.78 is 0. The highest BCUT2D eigenvalue weighted by molar-refractivity contribution is 6.23. The lowest BCUT2D eigenvalue weighted by Gasteiger charge is -2.27. The molecule has 0 aromatic carbocycles. The summed E-state index contributed by atoms with van der Waals surface area (Å²) in [5, 5.41) is 30.9. The van der Waals surface area contributed by atoms with Crippen LogP contribution in [0.5, 0.6) is 0 Å². The van der Waals surface area contributed by atoms with E-state index in [1.165, 1.54) is 0 Å². The summed E-state index contributed by atoms with van der Waals surface area (Å²) >= 11 is 5.63. The van der Waals surface area contributed by atoms with E-state index in [9.17, 15) is 0 Å². The predicted molar refractivity (Wildman–Crippen MR) is 39.2 cm³/mol. The zero-order valence-electron chi connectivity index (χ0n) is 5.84. The lowest BCUT2D eigenvalue weighted by Crippen LogP contribution is -2.62. The van der Waals surface area contributed by atoms with Gasteiger partial charge in [0.15, 0.2) is 0 Å². The molecule has 68 valence electrons. The number of nitrogens with one attached hydrogen (secondary N) is 3. The first-order chi connectivity index (χ1) is 5.18. The summed E-state index contributed by atoms with van der Waals surface area (Å²) in [6.07, 6.45) is 0. The number of alkyl halides is 1. The van der Waals surface area contributed by atoms with Gasteiger partial charge in [0, 0.05) is 0 Å². The fourth-order valence-corrected chi connectivity index (χ4v) is 0.694. The molecular weight excluding hydrogens is 174 g/mol. The van der Waals surface area contributed by atoms with E-state index in [1.807, 2.05) is 0 Å². The number of hydrogen-bond donors (Lipinski definition) is 6. The molecule has 0 aromatic rings. The molecule has 0 aliphatic rings. The molecule has 6 nitrogen and oxygen atoms in total. The Bertz CT molecular complexity index is 87.6. The third-order valence-corrected chi connectivity index (χ3v) is 1.37. The summed E-state index contributed by atoms with van der Waals surface area (Å²) in [6, 6.07) is 0. The molecule has 11 heavy (non-hydrogen) atoms. The molecule has 0 atom stereocenters. The molecule has 0 aliphatic carbocycles. The number of aliphatic hydroxyl groups excluding tert-OH is 3. The summed E-state index contributed by atoms with van der Waals surface area (Å²) in [5.74, 6) is 0. The molecule has 0 saturated carbocycles. The van der Waals surface area contributed by atoms with E-state index in [-0.39, 0.29) is 20.2 Å². The Hall–Kier alpha value is 0.0500. The van der Waals surface area contributed by atoms with Crippen molar-refractivity contribution >= 4 is 11.6 Å². The lowest BCUT2D eigenvalue weighted by molar-refractivity contribution is 0.121. The summed E-state index contributed by atoms with van der Waals surface area (Å²) in [7, 11) is 0. The second kappa shape index (κ2) is 5.67. The summed E-state index contributed by atoms with van der Waals surface area (Å²) in [5.41, 5.74) is 0. The van der Waals surface area contributed by atoms with Crippen molar-refractivity contribution in [3.8, 4) is 0 Å². The highest BCUT2D eigenvalue weighted by atomic mass is 35.5. The molecule has 0 rings (SSSR count). The maximum Gasteiger partial charge on any atom is 0.208 e. The van der Waals surface area contributed by atoms with E-state index >= 15 is 0 Å². The zero-order valence-corrected chi connectivity index (χ0v) is 6.60. The monoisotopic (exact) mass is 185 g/mol. The van der Waals surface area contributed by atoms with Crippen LogP contribution in [-0.4, -0.2) is 40.8 Å². The quantitative estimate of drug-likeness (QED) is 0.155. The van der Waals surface area contributed by atoms with Crippen LogP contribution in [0.15, 0.2) is 0 Å². The Morgan fingerprint density at radius 1 is 0.909 bits per heavy atom. The first-order valence-corrected chi connectivity index (χ1v) is 3.33. The van der Waals surface area contributed by atoms with Crippen LogP contribution in [0, 0.1) is 0 Å². The Morgan fingerprint density at radius 2 is 1.18 bits per heavy atom. The largest absolute Gasteiger partial charge is 0.381 e. The Balaban J connectivity index is 3.79. The molecule has 0 radical (unpaired) electrons. The van der Waals surface area contributed by atoms with E-state index in [0.29, 0.717) is 0 Å². The van der Waals surface area contributed by atoms with Crippen molar-refractivity contribution in [3.63, 3.8) is 0 Å². The molecule has 0 unspecified atom stereocenters. The van der Waals surface area contributed by atoms with E-state index in [1.54, 1.807) is 0 Å². The van der Waals surface area contributed by atoms with Crippen molar-refractivity contribution in [3.05, 3.63) is 0 Å². The highest BCUT2D eigenvalue weighted by Crippen LogP contribution is 1.99. The molecular formula is C4H12ClN3O3. The van der Waals surface area contributed by atoms with Gasteiger partial charge in [-0.05, 0) is 0 Å². The third kappa shape index (κ3) is 4.49. The minimum absolute atomic E-state index is 0.385. The fraction of sp³-hybridized carbons (Fsp3) is 1.00. The molecule has 0 aromatic heterocycles. The van der Waals surface area contributed by atoms with Crippen LogP contribution < -0.4 is 16.0 Å². The van der Waals surface area contributed by atoms with Crippen molar-refractivity contribution < 1.29 is 15.3 Å². The van der Waals surface area contributed by atoms with Gasteiger partial charge in [0.2, 0.25) is 5.25 Å². The van der Waals surface area contributed by atoms with Gasteiger partial charge in [-0.15, -0.1) is 0 Å². The average Bonchev–Trinajstić information content (AvgIpc) is 1.88. The van der Waals surface area contributed by atoms with Crippen LogP contribution in [-0.2, 0) is 0 Å². The second-order valence-corrected chi connectivity index (χ2v) is 2.23. The van der Waals surface area contributed by atoms with Crippen molar-refractivity contribution in [2.45, 2.75) is 5.25 Å². The number of halogens is 1. The third-order valence-electron chi connectivity index (χ3n) is 0.968. The molecule has 0 saturated heterocycles. The van der Waals surface area contributed by atoms with Crippen molar-refractivity contribution in [1.29, 1.82) is 0 Å². The number of aliphatic hydroxyl groups is 3. The smallest absolute Gasteiger partial charge is 0.208 e. The van der Waals surface area contributed by atoms with Crippen molar-refractivity contribution in [1.82, 2.24) is 16.0 Å². The van der Waals surface area contributed by atoms with Crippen LogP contribution in [0.2, 0.25) is 0 Å². The molecule has 0 heterocycles. The molecule has 6 N–H and O–H groups in total. The topological polar surface area (TPSA) is 96.8 Å². The van der Waals surface area contributed by atoms with Gasteiger partial charge in [-0.2, -0.15) is 0 Å². The Morgan fingerprint density at radius 3 is 1.36 bits per heavy atom. The van der Waals surface area contributed by atoms with E-state index in [4.69, 9.17) is 26.9 Å². The Labute approximate surface area is 69.2 Å². The minimum Gasteiger partial charge on any atom is -0.381 e. The zero-order chi connectivity index (χ0) is 8.74. The van der Waals surface area contributed by atoms with E-state index in [0.717, 1.165) is 0 Å². The minimum atomic E-state index is -1.38. The SMILES string of the molecule is OCNC(Cl)(NCO)NCO. The molecule has 0 spiro atoms. The van der Waals surface area contributed by atoms with Crippen molar-refractivity contribution in [2.24, 2.45) is 0 Å². The van der Waals surface area contributed by atoms with E-state index in [2.05, 4.69) is 16.0 Å². The highest BCUT2D eigenvalue weighted by Gasteiger charge is 2.23. The average molecular weight is 186 g/mol. The first kappa shape index (κ1) is 11.1. The summed E-state index contributed by atoms with van der Waals surface area (Å²) in [6.45, 7) is -1.16. The van der Waals surface area contributed by atoms with Gasteiger partial charge in [0.05, 0.1) is 20.2 Å². The van der Waals surface area contributed by atoms with Gasteiger partial charge < -0.3 is 15.3 Å². The van der Waals surface area contributed by atoms with Gasteiger partial charge in [-0.3, -0.25) is 16.0 Å². The Kier molecular flexibility index (Phi) is 5.69. The van der Waals surface area contributed by atoms with Crippen LogP contribution in [0.1, 0.15) is 0 Å². The molecule has 0 bridgehead atoms. The maximum atomic E-state index is 8.42. The predicted octanol–water partition coefficient (Wildman–Crippen LogP) is -2.55. The van der Waals surface area contributed by atoms with E-state index < -0.39 is 5.25 Å². The van der Waals surface area contributed by atoms with Crippen LogP contribution in [0.25, 0.3) is 0 Å². The van der Waals surface area contributed by atoms with Gasteiger partial charge in [0.1, 0.15) is 0 Å². The second-order valence-electron chi connectivity index (χ2n) is 1.66.